The summed E-state index contributed by atoms with van der Waals surface area (Å²) in [6.45, 7) is 4.35. The summed E-state index contributed by atoms with van der Waals surface area (Å²) in [4.78, 5) is 0. The minimum absolute atomic E-state index is 0.659. The molecule has 0 aromatic rings. The average molecular weight is 222 g/mol. The van der Waals surface area contributed by atoms with Crippen LogP contribution in [-0.2, 0) is 4.74 Å². The minimum Gasteiger partial charge on any atom is -0.494 e. The van der Waals surface area contributed by atoms with Crippen LogP contribution in [-0.4, -0.2) is 6.61 Å². The monoisotopic (exact) mass is 222 g/mol. The first kappa shape index (κ1) is 13.3. The van der Waals surface area contributed by atoms with E-state index in [1.54, 1.807) is 0 Å². The lowest BCUT2D eigenvalue weighted by Crippen LogP contribution is -1.94. The van der Waals surface area contributed by atoms with Gasteiger partial charge in [0.15, 0.2) is 0 Å². The zero-order valence-corrected chi connectivity index (χ0v) is 10.5. The van der Waals surface area contributed by atoms with Crippen LogP contribution >= 0.6 is 0 Å². The molecule has 0 spiro atoms. The Labute approximate surface area is 101 Å². The summed E-state index contributed by atoms with van der Waals surface area (Å²) >= 11 is 0. The summed E-state index contributed by atoms with van der Waals surface area (Å²) in [6, 6.07) is 0. The quantitative estimate of drug-likeness (QED) is 0.611. The highest BCUT2D eigenvalue weighted by molar-refractivity contribution is 4.94. The summed E-state index contributed by atoms with van der Waals surface area (Å²) in [5.41, 5.74) is 0. The lowest BCUT2D eigenvalue weighted by Gasteiger charge is -2.10. The zero-order valence-electron chi connectivity index (χ0n) is 10.5. The van der Waals surface area contributed by atoms with Crippen LogP contribution in [0.2, 0.25) is 0 Å². The highest BCUT2D eigenvalue weighted by Crippen LogP contribution is 2.17. The number of hydrogen-bond acceptors (Lipinski definition) is 1. The molecule has 0 saturated carbocycles. The molecule has 0 N–H and O–H groups in total. The second kappa shape index (κ2) is 9.50. The first-order chi connectivity index (χ1) is 7.93. The van der Waals surface area contributed by atoms with Crippen molar-refractivity contribution in [2.24, 2.45) is 0 Å². The van der Waals surface area contributed by atoms with Crippen LogP contribution in [0, 0.1) is 0 Å². The Morgan fingerprint density at radius 1 is 1.00 bits per heavy atom. The van der Waals surface area contributed by atoms with Crippen molar-refractivity contribution in [3.05, 3.63) is 24.5 Å². The lowest BCUT2D eigenvalue weighted by atomic mass is 10.0. The zero-order chi connectivity index (χ0) is 11.5. The highest BCUT2D eigenvalue weighted by atomic mass is 16.5. The number of allylic oxidation sites excluding steroid dienone is 2. The molecule has 1 aliphatic rings. The molecule has 0 aliphatic heterocycles. The van der Waals surface area contributed by atoms with Gasteiger partial charge in [0.25, 0.3) is 0 Å². The van der Waals surface area contributed by atoms with E-state index in [1.807, 2.05) is 6.08 Å². The Balaban J connectivity index is 2.33. The number of hydrogen-bond donors (Lipinski definition) is 0. The van der Waals surface area contributed by atoms with Gasteiger partial charge in [-0.3, -0.25) is 0 Å². The van der Waals surface area contributed by atoms with Gasteiger partial charge < -0.3 is 4.74 Å². The van der Waals surface area contributed by atoms with E-state index in [0.29, 0.717) is 6.61 Å². The maximum atomic E-state index is 5.68. The first-order valence-electron chi connectivity index (χ1n) is 6.86. The molecule has 1 rings (SSSR count). The van der Waals surface area contributed by atoms with Crippen molar-refractivity contribution >= 4 is 0 Å². The third-order valence-electron chi connectivity index (χ3n) is 3.14. The summed E-state index contributed by atoms with van der Waals surface area (Å²) in [7, 11) is 0. The van der Waals surface area contributed by atoms with Crippen LogP contribution in [0.4, 0.5) is 0 Å². The Morgan fingerprint density at radius 3 is 2.31 bits per heavy atom. The summed E-state index contributed by atoms with van der Waals surface area (Å²) in [5.74, 6) is 1.19. The van der Waals surface area contributed by atoms with E-state index in [-0.39, 0.29) is 0 Å². The maximum absolute atomic E-state index is 5.68. The smallest absolute Gasteiger partial charge is 0.106 e. The molecule has 0 heterocycles. The summed E-state index contributed by atoms with van der Waals surface area (Å²) in [6.07, 6.45) is 17.4. The van der Waals surface area contributed by atoms with Gasteiger partial charge in [0.2, 0.25) is 0 Å². The van der Waals surface area contributed by atoms with Crippen molar-refractivity contribution in [3.63, 3.8) is 0 Å². The molecule has 0 amide bonds. The van der Waals surface area contributed by atoms with Gasteiger partial charge in [0.1, 0.15) is 6.61 Å². The van der Waals surface area contributed by atoms with Gasteiger partial charge in [-0.05, 0) is 25.3 Å². The molecule has 1 nitrogen and oxygen atoms in total. The molecule has 0 aromatic heterocycles. The van der Waals surface area contributed by atoms with Gasteiger partial charge in [0.05, 0.1) is 5.76 Å². The van der Waals surface area contributed by atoms with Crippen LogP contribution in [0.5, 0.6) is 0 Å². The number of rotatable bonds is 3. The van der Waals surface area contributed by atoms with Crippen LogP contribution in [0.1, 0.15) is 64.2 Å². The Bertz CT molecular complexity index is 205. The van der Waals surface area contributed by atoms with E-state index >= 15 is 0 Å². The van der Waals surface area contributed by atoms with Crippen molar-refractivity contribution in [1.82, 2.24) is 0 Å². The molecule has 0 fully saturated rings. The molecule has 0 radical (unpaired) electrons. The fraction of sp³-hybridized carbons (Fsp3) is 0.733. The Hall–Kier alpha value is -0.720. The predicted octanol–water partition coefficient (Wildman–Crippen LogP) is 4.99. The van der Waals surface area contributed by atoms with Crippen LogP contribution in [0.25, 0.3) is 0 Å². The van der Waals surface area contributed by atoms with Crippen LogP contribution < -0.4 is 0 Å². The lowest BCUT2D eigenvalue weighted by molar-refractivity contribution is 0.231. The van der Waals surface area contributed by atoms with Crippen molar-refractivity contribution in [1.29, 1.82) is 0 Å². The highest BCUT2D eigenvalue weighted by Gasteiger charge is 2.00. The molecule has 0 bridgehead atoms. The molecule has 16 heavy (non-hydrogen) atoms. The van der Waals surface area contributed by atoms with Crippen molar-refractivity contribution in [2.45, 2.75) is 64.2 Å². The fourth-order valence-electron chi connectivity index (χ4n) is 2.17. The standard InChI is InChI=1S/C15H26O/c1-2-14-16-15-12-10-8-6-4-3-5-7-9-11-13-15/h2,12H,1,3-11,13-14H2. The second-order valence-electron chi connectivity index (χ2n) is 4.64. The van der Waals surface area contributed by atoms with E-state index in [9.17, 15) is 0 Å². The predicted molar refractivity (Wildman–Crippen MR) is 70.4 cm³/mol. The maximum Gasteiger partial charge on any atom is 0.106 e. The van der Waals surface area contributed by atoms with E-state index < -0.39 is 0 Å². The molecule has 0 atom stereocenters. The normalized spacial score (nSPS) is 20.1. The molecular weight excluding hydrogens is 196 g/mol. The summed E-state index contributed by atoms with van der Waals surface area (Å²) < 4.78 is 5.68. The van der Waals surface area contributed by atoms with E-state index in [2.05, 4.69) is 12.7 Å². The van der Waals surface area contributed by atoms with E-state index in [1.165, 1.54) is 63.5 Å². The van der Waals surface area contributed by atoms with Gasteiger partial charge in [-0.2, -0.15) is 0 Å². The fourth-order valence-corrected chi connectivity index (χ4v) is 2.17. The second-order valence-corrected chi connectivity index (χ2v) is 4.64. The average Bonchev–Trinajstić information content (AvgIpc) is 2.28. The molecule has 92 valence electrons. The van der Waals surface area contributed by atoms with Crippen LogP contribution in [0.3, 0.4) is 0 Å². The molecule has 0 saturated heterocycles. The van der Waals surface area contributed by atoms with Crippen molar-refractivity contribution < 1.29 is 4.74 Å². The van der Waals surface area contributed by atoms with Gasteiger partial charge in [-0.1, -0.05) is 51.2 Å². The van der Waals surface area contributed by atoms with Gasteiger partial charge in [0, 0.05) is 6.42 Å². The Morgan fingerprint density at radius 2 is 1.62 bits per heavy atom. The summed E-state index contributed by atoms with van der Waals surface area (Å²) in [5, 5.41) is 0. The molecule has 1 heteroatoms. The van der Waals surface area contributed by atoms with Gasteiger partial charge >= 0.3 is 0 Å². The van der Waals surface area contributed by atoms with Gasteiger partial charge in [-0.25, -0.2) is 0 Å². The number of ether oxygens (including phenoxy) is 1. The van der Waals surface area contributed by atoms with Crippen LogP contribution in [0.15, 0.2) is 24.5 Å². The molecule has 0 unspecified atom stereocenters. The Kier molecular flexibility index (Phi) is 7.93. The first-order valence-corrected chi connectivity index (χ1v) is 6.86. The third kappa shape index (κ3) is 6.71. The van der Waals surface area contributed by atoms with Crippen molar-refractivity contribution in [2.75, 3.05) is 6.61 Å². The van der Waals surface area contributed by atoms with Crippen molar-refractivity contribution in [3.8, 4) is 0 Å². The molecule has 0 aromatic carbocycles. The van der Waals surface area contributed by atoms with E-state index in [0.717, 1.165) is 6.42 Å². The van der Waals surface area contributed by atoms with Gasteiger partial charge in [-0.15, -0.1) is 0 Å². The largest absolute Gasteiger partial charge is 0.494 e. The molecular formula is C15H26O. The topological polar surface area (TPSA) is 9.23 Å². The molecule has 1 aliphatic carbocycles. The SMILES string of the molecule is C=CCOC1=CCCCCCCCCCC1. The minimum atomic E-state index is 0.659. The van der Waals surface area contributed by atoms with E-state index in [4.69, 9.17) is 4.74 Å². The third-order valence-corrected chi connectivity index (χ3v) is 3.14.